The first-order valence-corrected chi connectivity index (χ1v) is 8.90. The van der Waals surface area contributed by atoms with Gasteiger partial charge < -0.3 is 10.4 Å². The zero-order valence-electron chi connectivity index (χ0n) is 11.6. The summed E-state index contributed by atoms with van der Waals surface area (Å²) >= 11 is 0. The van der Waals surface area contributed by atoms with E-state index in [2.05, 4.69) is 5.32 Å². The van der Waals surface area contributed by atoms with Gasteiger partial charge in [0.1, 0.15) is 0 Å². The zero-order chi connectivity index (χ0) is 14.3. The van der Waals surface area contributed by atoms with Crippen LogP contribution >= 0.6 is 0 Å². The lowest BCUT2D eigenvalue weighted by Gasteiger charge is -2.26. The normalized spacial score (nSPS) is 24.3. The number of carbonyl (C=O) groups is 1. The van der Waals surface area contributed by atoms with Gasteiger partial charge in [-0.05, 0) is 44.6 Å². The highest BCUT2D eigenvalue weighted by molar-refractivity contribution is 7.91. The Morgan fingerprint density at radius 2 is 1.84 bits per heavy atom. The van der Waals surface area contributed by atoms with Crippen molar-refractivity contribution in [2.45, 2.75) is 39.0 Å². The van der Waals surface area contributed by atoms with Crippen molar-refractivity contribution in [1.29, 1.82) is 0 Å². The predicted octanol–water partition coefficient (Wildman–Crippen LogP) is 1.29. The molecule has 0 amide bonds. The van der Waals surface area contributed by atoms with E-state index in [1.54, 1.807) is 0 Å². The summed E-state index contributed by atoms with van der Waals surface area (Å²) in [5.74, 6) is 0.0895. The molecule has 0 atom stereocenters. The Bertz CT molecular complexity index is 372. The van der Waals surface area contributed by atoms with Crippen molar-refractivity contribution in [2.24, 2.45) is 11.8 Å². The molecule has 0 aromatic rings. The van der Waals surface area contributed by atoms with E-state index in [4.69, 9.17) is 5.11 Å². The second-order valence-electron chi connectivity index (χ2n) is 5.41. The van der Waals surface area contributed by atoms with Crippen LogP contribution in [-0.4, -0.2) is 44.1 Å². The summed E-state index contributed by atoms with van der Waals surface area (Å²) in [6.07, 6.45) is 4.00. The molecular weight excluding hydrogens is 266 g/mol. The third-order valence-corrected chi connectivity index (χ3v) is 5.59. The lowest BCUT2D eigenvalue weighted by atomic mass is 9.82. The fourth-order valence-corrected chi connectivity index (χ4v) is 3.84. The second-order valence-corrected chi connectivity index (χ2v) is 7.72. The zero-order valence-corrected chi connectivity index (χ0v) is 12.4. The highest BCUT2D eigenvalue weighted by atomic mass is 32.2. The van der Waals surface area contributed by atoms with E-state index in [9.17, 15) is 13.2 Å². The molecule has 0 bridgehead atoms. The molecule has 1 aliphatic rings. The van der Waals surface area contributed by atoms with E-state index in [0.29, 0.717) is 18.9 Å². The molecule has 0 aliphatic heterocycles. The van der Waals surface area contributed by atoms with Gasteiger partial charge in [-0.3, -0.25) is 4.79 Å². The Morgan fingerprint density at radius 1 is 1.21 bits per heavy atom. The molecule has 19 heavy (non-hydrogen) atoms. The number of carboxylic acid groups (broad SMARTS) is 1. The van der Waals surface area contributed by atoms with Gasteiger partial charge in [-0.1, -0.05) is 6.92 Å². The number of aliphatic carboxylic acids is 1. The van der Waals surface area contributed by atoms with Crippen LogP contribution in [-0.2, 0) is 14.6 Å². The summed E-state index contributed by atoms with van der Waals surface area (Å²) in [5.41, 5.74) is 0. The molecule has 5 nitrogen and oxygen atoms in total. The van der Waals surface area contributed by atoms with Crippen LogP contribution in [0.5, 0.6) is 0 Å². The van der Waals surface area contributed by atoms with E-state index in [1.807, 2.05) is 6.92 Å². The lowest BCUT2D eigenvalue weighted by Crippen LogP contribution is -2.31. The predicted molar refractivity (Wildman–Crippen MR) is 74.9 cm³/mol. The number of carboxylic acids is 1. The number of rotatable bonds is 8. The molecule has 1 fully saturated rings. The highest BCUT2D eigenvalue weighted by Crippen LogP contribution is 2.28. The summed E-state index contributed by atoms with van der Waals surface area (Å²) in [6.45, 7) is 3.17. The molecule has 0 aromatic heterocycles. The van der Waals surface area contributed by atoms with E-state index in [1.165, 1.54) is 0 Å². The smallest absolute Gasteiger partial charge is 0.306 e. The van der Waals surface area contributed by atoms with Crippen LogP contribution in [0.1, 0.15) is 39.0 Å². The molecule has 0 unspecified atom stereocenters. The first-order valence-electron chi connectivity index (χ1n) is 7.08. The number of sulfone groups is 1. The van der Waals surface area contributed by atoms with Crippen LogP contribution in [0.3, 0.4) is 0 Å². The van der Waals surface area contributed by atoms with Crippen molar-refractivity contribution < 1.29 is 18.3 Å². The van der Waals surface area contributed by atoms with Gasteiger partial charge in [0.15, 0.2) is 9.84 Å². The number of hydrogen-bond donors (Lipinski definition) is 2. The SMILES string of the molecule is CCCS(=O)(=O)CCNCC1CCC(C(=O)O)CC1. The third kappa shape index (κ3) is 6.38. The minimum absolute atomic E-state index is 0.179. The van der Waals surface area contributed by atoms with Crippen molar-refractivity contribution >= 4 is 15.8 Å². The minimum atomic E-state index is -2.89. The molecular formula is C13H25NO4S. The molecule has 1 saturated carbocycles. The Hall–Kier alpha value is -0.620. The van der Waals surface area contributed by atoms with Gasteiger partial charge in [-0.25, -0.2) is 8.42 Å². The van der Waals surface area contributed by atoms with Crippen molar-refractivity contribution in [2.75, 3.05) is 24.6 Å². The van der Waals surface area contributed by atoms with E-state index >= 15 is 0 Å². The Kier molecular flexibility index (Phi) is 6.79. The van der Waals surface area contributed by atoms with Gasteiger partial charge >= 0.3 is 5.97 Å². The van der Waals surface area contributed by atoms with Gasteiger partial charge in [0.2, 0.25) is 0 Å². The van der Waals surface area contributed by atoms with Gasteiger partial charge in [-0.15, -0.1) is 0 Å². The first kappa shape index (κ1) is 16.4. The topological polar surface area (TPSA) is 83.5 Å². The van der Waals surface area contributed by atoms with E-state index in [0.717, 1.165) is 32.2 Å². The molecule has 6 heteroatoms. The molecule has 0 heterocycles. The third-order valence-electron chi connectivity index (χ3n) is 3.73. The minimum Gasteiger partial charge on any atom is -0.481 e. The molecule has 2 N–H and O–H groups in total. The van der Waals surface area contributed by atoms with Crippen LogP contribution < -0.4 is 5.32 Å². The second kappa shape index (κ2) is 7.85. The average Bonchev–Trinajstić information content (AvgIpc) is 2.35. The molecule has 112 valence electrons. The van der Waals surface area contributed by atoms with Gasteiger partial charge in [0, 0.05) is 12.3 Å². The summed E-state index contributed by atoms with van der Waals surface area (Å²) in [4.78, 5) is 10.8. The maximum Gasteiger partial charge on any atom is 0.306 e. The van der Waals surface area contributed by atoms with Crippen LogP contribution in [0.2, 0.25) is 0 Å². The molecule has 1 aliphatic carbocycles. The van der Waals surface area contributed by atoms with Crippen molar-refractivity contribution in [3.05, 3.63) is 0 Å². The lowest BCUT2D eigenvalue weighted by molar-refractivity contribution is -0.143. The molecule has 0 saturated heterocycles. The molecule has 0 aromatic carbocycles. The maximum absolute atomic E-state index is 11.5. The fourth-order valence-electron chi connectivity index (χ4n) is 2.56. The first-order chi connectivity index (χ1) is 8.94. The van der Waals surface area contributed by atoms with Crippen LogP contribution in [0.4, 0.5) is 0 Å². The molecule has 1 rings (SSSR count). The largest absolute Gasteiger partial charge is 0.481 e. The average molecular weight is 291 g/mol. The summed E-state index contributed by atoms with van der Waals surface area (Å²) in [5, 5.41) is 12.1. The Labute approximate surface area is 115 Å². The van der Waals surface area contributed by atoms with Crippen molar-refractivity contribution in [3.8, 4) is 0 Å². The summed E-state index contributed by atoms with van der Waals surface area (Å²) in [7, 11) is -2.89. The monoisotopic (exact) mass is 291 g/mol. The molecule has 0 spiro atoms. The summed E-state index contributed by atoms with van der Waals surface area (Å²) < 4.78 is 23.0. The quantitative estimate of drug-likeness (QED) is 0.658. The van der Waals surface area contributed by atoms with Crippen molar-refractivity contribution in [1.82, 2.24) is 5.32 Å². The highest BCUT2D eigenvalue weighted by Gasteiger charge is 2.25. The van der Waals surface area contributed by atoms with Gasteiger partial charge in [-0.2, -0.15) is 0 Å². The van der Waals surface area contributed by atoms with Gasteiger partial charge in [0.25, 0.3) is 0 Å². The van der Waals surface area contributed by atoms with Gasteiger partial charge in [0.05, 0.1) is 11.7 Å². The van der Waals surface area contributed by atoms with E-state index < -0.39 is 15.8 Å². The fraction of sp³-hybridized carbons (Fsp3) is 0.923. The standard InChI is InChI=1S/C13H25NO4S/c1-2-8-19(17,18)9-7-14-10-11-3-5-12(6-4-11)13(15)16/h11-12,14H,2-10H2,1H3,(H,15,16). The van der Waals surface area contributed by atoms with Crippen molar-refractivity contribution in [3.63, 3.8) is 0 Å². The number of hydrogen-bond acceptors (Lipinski definition) is 4. The molecule has 0 radical (unpaired) electrons. The maximum atomic E-state index is 11.5. The van der Waals surface area contributed by atoms with Crippen LogP contribution in [0.15, 0.2) is 0 Å². The number of nitrogens with one attached hydrogen (secondary N) is 1. The van der Waals surface area contributed by atoms with E-state index in [-0.39, 0.29) is 17.4 Å². The summed E-state index contributed by atoms with van der Waals surface area (Å²) in [6, 6.07) is 0. The van der Waals surface area contributed by atoms with Crippen LogP contribution in [0, 0.1) is 11.8 Å². The Balaban J connectivity index is 2.13. The Morgan fingerprint density at radius 3 is 2.37 bits per heavy atom. The van der Waals surface area contributed by atoms with Crippen LogP contribution in [0.25, 0.3) is 0 Å².